The molecule has 4 heteroatoms. The van der Waals surface area contributed by atoms with Gasteiger partial charge >= 0.3 is 0 Å². The minimum absolute atomic E-state index is 0.210. The van der Waals surface area contributed by atoms with Gasteiger partial charge in [0.25, 0.3) is 0 Å². The summed E-state index contributed by atoms with van der Waals surface area (Å²) in [6.45, 7) is 27.0. The summed E-state index contributed by atoms with van der Waals surface area (Å²) >= 11 is 0. The monoisotopic (exact) mass is 1000 g/mol. The predicted molar refractivity (Wildman–Crippen MR) is 318 cm³/mol. The summed E-state index contributed by atoms with van der Waals surface area (Å²) in [6, 6.07) is 53.0. The van der Waals surface area contributed by atoms with Crippen LogP contribution in [0.5, 0.6) is 0 Å². The fourth-order valence-corrected chi connectivity index (χ4v) is 10.8. The molecule has 9 rings (SSSR count). The molecule has 75 heavy (non-hydrogen) atoms. The second-order valence-electron chi connectivity index (χ2n) is 23.6. The molecule has 0 atom stereocenters. The molecule has 4 aromatic carbocycles. The normalized spacial score (nSPS) is 12.5. The maximum Gasteiger partial charge on any atom is 0.212 e. The molecular formula is C71H92N4+4. The zero-order chi connectivity index (χ0) is 54.5. The number of aromatic nitrogens is 4. The van der Waals surface area contributed by atoms with Crippen molar-refractivity contribution in [1.29, 1.82) is 0 Å². The lowest BCUT2D eigenvalue weighted by molar-refractivity contribution is -0.660. The largest absolute Gasteiger partial charge is 0.212 e. The fraction of sp³-hybridized carbons (Fsp3) is 0.380. The first-order valence-corrected chi connectivity index (χ1v) is 27.9. The predicted octanol–water partition coefficient (Wildman–Crippen LogP) is 16.4. The van der Waals surface area contributed by atoms with Crippen molar-refractivity contribution < 1.29 is 18.3 Å². The first-order chi connectivity index (χ1) is 35.7. The van der Waals surface area contributed by atoms with Crippen molar-refractivity contribution in [3.63, 3.8) is 0 Å². The second-order valence-corrected chi connectivity index (χ2v) is 23.6. The van der Waals surface area contributed by atoms with E-state index in [0.29, 0.717) is 11.3 Å². The molecule has 0 amide bonds. The number of nitrogens with zero attached hydrogens (tertiary/aromatic N) is 4. The molecule has 0 spiro atoms. The van der Waals surface area contributed by atoms with Crippen molar-refractivity contribution in [2.75, 3.05) is 0 Å². The van der Waals surface area contributed by atoms with Gasteiger partial charge in [0.05, 0.1) is 0 Å². The molecule has 1 aliphatic carbocycles. The maximum atomic E-state index is 2.40. The second kappa shape index (κ2) is 26.3. The van der Waals surface area contributed by atoms with E-state index in [1.807, 2.05) is 0 Å². The molecule has 0 unspecified atom stereocenters. The molecule has 4 heterocycles. The summed E-state index contributed by atoms with van der Waals surface area (Å²) in [7, 11) is 8.40. The summed E-state index contributed by atoms with van der Waals surface area (Å²) in [6.07, 6.45) is 17.5. The summed E-state index contributed by atoms with van der Waals surface area (Å²) in [5.74, 6) is 1.49. The van der Waals surface area contributed by atoms with Gasteiger partial charge in [0.1, 0.15) is 28.2 Å². The van der Waals surface area contributed by atoms with Gasteiger partial charge in [-0.05, 0) is 176 Å². The lowest BCUT2D eigenvalue weighted by Gasteiger charge is -2.20. The number of pyridine rings is 4. The maximum absolute atomic E-state index is 2.40. The van der Waals surface area contributed by atoms with Crippen molar-refractivity contribution in [3.8, 4) is 45.0 Å². The molecule has 0 N–H and O–H groups in total. The zero-order valence-corrected chi connectivity index (χ0v) is 49.1. The van der Waals surface area contributed by atoms with Crippen LogP contribution in [-0.2, 0) is 40.0 Å². The van der Waals surface area contributed by atoms with E-state index in [2.05, 4.69) is 300 Å². The van der Waals surface area contributed by atoms with Crippen molar-refractivity contribution >= 4 is 0 Å². The van der Waals surface area contributed by atoms with Crippen LogP contribution in [0.15, 0.2) is 170 Å². The van der Waals surface area contributed by atoms with E-state index < -0.39 is 0 Å². The van der Waals surface area contributed by atoms with Crippen molar-refractivity contribution in [2.45, 2.75) is 145 Å². The van der Waals surface area contributed by atoms with Crippen LogP contribution in [0.2, 0.25) is 0 Å². The quantitative estimate of drug-likeness (QED) is 0.128. The third-order valence-corrected chi connectivity index (χ3v) is 15.2. The first kappa shape index (κ1) is 57.8. The molecule has 8 aromatic rings. The Bertz CT molecular complexity index is 3020. The number of benzene rings is 4. The van der Waals surface area contributed by atoms with E-state index in [9.17, 15) is 0 Å². The van der Waals surface area contributed by atoms with Crippen molar-refractivity contribution in [2.24, 2.45) is 33.6 Å². The summed E-state index contributed by atoms with van der Waals surface area (Å²) in [5, 5.41) is 0. The highest BCUT2D eigenvalue weighted by Crippen LogP contribution is 2.36. The smallest absolute Gasteiger partial charge is 0.201 e. The highest BCUT2D eigenvalue weighted by molar-refractivity contribution is 5.64. The molecule has 392 valence electrons. The molecule has 0 radical (unpaired) electrons. The fourth-order valence-electron chi connectivity index (χ4n) is 10.8. The van der Waals surface area contributed by atoms with Crippen LogP contribution in [0.1, 0.15) is 150 Å². The van der Waals surface area contributed by atoms with Gasteiger partial charge in [0, 0.05) is 70.8 Å². The summed E-state index contributed by atoms with van der Waals surface area (Å²) < 4.78 is 8.71. The third-order valence-electron chi connectivity index (χ3n) is 15.2. The van der Waals surface area contributed by atoms with Crippen LogP contribution in [-0.4, -0.2) is 0 Å². The summed E-state index contributed by atoms with van der Waals surface area (Å²) in [4.78, 5) is 0. The van der Waals surface area contributed by atoms with Gasteiger partial charge in [0.15, 0.2) is 24.8 Å². The Labute approximate surface area is 454 Å². The van der Waals surface area contributed by atoms with Crippen LogP contribution in [0, 0.1) is 33.1 Å². The lowest BCUT2D eigenvalue weighted by Crippen LogP contribution is -2.30. The van der Waals surface area contributed by atoms with E-state index >= 15 is 0 Å². The van der Waals surface area contributed by atoms with Gasteiger partial charge in [-0.25, -0.2) is 18.3 Å². The van der Waals surface area contributed by atoms with Crippen LogP contribution >= 0.6 is 0 Å². The SMILES string of the molecule is CCC(CC)c1ccc(-c2cccc[n+]2C)c(C)c1.Cc1cc(C(C)(C)C)ccc1-c1cccc[n+]1C.Cc1cc(C2CCCC2)ccc1-c1cccc[n+]1C.Cc1cc(CC(C)(C)C)ccc1-c1cccc[n+]1C. The van der Waals surface area contributed by atoms with Crippen molar-refractivity contribution in [3.05, 3.63) is 215 Å². The Hall–Kier alpha value is -6.52. The zero-order valence-electron chi connectivity index (χ0n) is 49.1. The average molecular weight is 1000 g/mol. The molecule has 1 saturated carbocycles. The standard InChI is InChI=1S/C18H22N.2C18H24N.C17H22N/c1-14-13-16(15-7-3-4-8-15)10-11-17(14)18-9-5-6-12-19(18)2;1-14-12-15(13-18(2,3)4)9-10-16(14)17-8-6-7-11-19(17)5;1-5-15(6-2)16-10-11-17(14(3)13-16)18-9-7-8-12-19(18)4;1-13-12-14(17(2,3)4)9-10-15(13)16-8-6-7-11-18(16)5/h5-6,9-13,15H,3-4,7-8H2,1-2H3;6-12H,13H2,1-5H3;7-13,15H,5-6H2,1-4H3;6-12H,1-5H3/q4*+1. The molecule has 1 aliphatic rings. The Morgan fingerprint density at radius 1 is 0.440 bits per heavy atom. The van der Waals surface area contributed by atoms with Gasteiger partial charge in [-0.2, -0.15) is 0 Å². The van der Waals surface area contributed by atoms with Gasteiger partial charge in [-0.3, -0.25) is 0 Å². The molecule has 0 saturated heterocycles. The van der Waals surface area contributed by atoms with Crippen LogP contribution in [0.25, 0.3) is 45.0 Å². The molecule has 1 fully saturated rings. The Morgan fingerprint density at radius 3 is 1.19 bits per heavy atom. The average Bonchev–Trinajstić information content (AvgIpc) is 3.92. The third kappa shape index (κ3) is 15.8. The van der Waals surface area contributed by atoms with E-state index in [1.165, 1.54) is 128 Å². The van der Waals surface area contributed by atoms with E-state index in [1.54, 1.807) is 0 Å². The van der Waals surface area contributed by atoms with Gasteiger partial charge in [0.2, 0.25) is 22.8 Å². The Kier molecular flexibility index (Phi) is 20.3. The Balaban J connectivity index is 0.000000163. The van der Waals surface area contributed by atoms with Gasteiger partial charge < -0.3 is 0 Å². The number of rotatable bonds is 9. The van der Waals surface area contributed by atoms with E-state index in [4.69, 9.17) is 0 Å². The number of hydrogen-bond acceptors (Lipinski definition) is 0. The molecule has 0 aliphatic heterocycles. The molecule has 4 nitrogen and oxygen atoms in total. The lowest BCUT2D eigenvalue weighted by atomic mass is 9.85. The highest BCUT2D eigenvalue weighted by atomic mass is 14.9. The van der Waals surface area contributed by atoms with Crippen LogP contribution in [0.4, 0.5) is 0 Å². The van der Waals surface area contributed by atoms with E-state index in [-0.39, 0.29) is 5.41 Å². The molecule has 0 bridgehead atoms. The van der Waals surface area contributed by atoms with E-state index in [0.717, 1.165) is 12.3 Å². The highest BCUT2D eigenvalue weighted by Gasteiger charge is 2.21. The topological polar surface area (TPSA) is 15.5 Å². The molecular weight excluding hydrogens is 909 g/mol. The first-order valence-electron chi connectivity index (χ1n) is 27.9. The van der Waals surface area contributed by atoms with Crippen LogP contribution in [0.3, 0.4) is 0 Å². The van der Waals surface area contributed by atoms with Crippen LogP contribution < -0.4 is 18.3 Å². The minimum Gasteiger partial charge on any atom is -0.201 e. The Morgan fingerprint density at radius 2 is 0.827 bits per heavy atom. The summed E-state index contributed by atoms with van der Waals surface area (Å²) in [5.41, 5.74) is 22.2. The van der Waals surface area contributed by atoms with Gasteiger partial charge in [-0.15, -0.1) is 0 Å². The number of hydrogen-bond donors (Lipinski definition) is 0. The number of aryl methyl sites for hydroxylation is 8. The minimum atomic E-state index is 0.210. The van der Waals surface area contributed by atoms with Gasteiger partial charge in [-0.1, -0.05) is 117 Å². The van der Waals surface area contributed by atoms with Crippen molar-refractivity contribution in [1.82, 2.24) is 0 Å². The molecule has 4 aromatic heterocycles.